The summed E-state index contributed by atoms with van der Waals surface area (Å²) in [6, 6.07) is 3.61. The van der Waals surface area contributed by atoms with Gasteiger partial charge in [-0.15, -0.1) is 0 Å². The van der Waals surface area contributed by atoms with Gasteiger partial charge >= 0.3 is 5.97 Å². The number of rotatable bonds is 5. The first-order valence-corrected chi connectivity index (χ1v) is 8.45. The Bertz CT molecular complexity index is 611. The Morgan fingerprint density at radius 1 is 1.52 bits per heavy atom. The first-order valence-electron chi connectivity index (χ1n) is 7.63. The highest BCUT2D eigenvalue weighted by molar-refractivity contribution is 7.97. The molecule has 1 N–H and O–H groups in total. The van der Waals surface area contributed by atoms with Crippen molar-refractivity contribution in [3.8, 4) is 0 Å². The van der Waals surface area contributed by atoms with Gasteiger partial charge in [0, 0.05) is 37.7 Å². The van der Waals surface area contributed by atoms with E-state index >= 15 is 0 Å². The van der Waals surface area contributed by atoms with E-state index in [1.54, 1.807) is 10.6 Å². The van der Waals surface area contributed by atoms with E-state index in [2.05, 4.69) is 21.7 Å². The minimum absolute atomic E-state index is 0.350. The van der Waals surface area contributed by atoms with Crippen molar-refractivity contribution in [3.63, 3.8) is 0 Å². The van der Waals surface area contributed by atoms with Crippen molar-refractivity contribution in [1.82, 2.24) is 14.3 Å². The Morgan fingerprint density at radius 3 is 2.91 bits per heavy atom. The molecule has 2 heterocycles. The van der Waals surface area contributed by atoms with Gasteiger partial charge in [-0.05, 0) is 25.5 Å². The largest absolute Gasteiger partial charge is 0.464 e. The van der Waals surface area contributed by atoms with Gasteiger partial charge in [-0.2, -0.15) is 5.10 Å². The maximum absolute atomic E-state index is 11.6. The number of methoxy groups -OCH3 is 1. The molecule has 1 atom stereocenters. The van der Waals surface area contributed by atoms with Crippen LogP contribution in [0.25, 0.3) is 0 Å². The fourth-order valence-electron chi connectivity index (χ4n) is 2.19. The normalized spacial score (nSPS) is 17.7. The molecular formula is C15H23N5O2S. The lowest BCUT2D eigenvalue weighted by molar-refractivity contribution is 0.0589. The third-order valence-corrected chi connectivity index (χ3v) is 4.52. The Kier molecular flexibility index (Phi) is 6.09. The molecule has 0 spiro atoms. The quantitative estimate of drug-likeness (QED) is 0.386. The summed E-state index contributed by atoms with van der Waals surface area (Å²) in [6.07, 6.45) is 3.03. The highest BCUT2D eigenvalue weighted by Gasteiger charge is 2.21. The molecule has 7 nitrogen and oxygen atoms in total. The van der Waals surface area contributed by atoms with Gasteiger partial charge in [-0.1, -0.05) is 6.92 Å². The summed E-state index contributed by atoms with van der Waals surface area (Å²) in [5.74, 6) is 0.840. The summed E-state index contributed by atoms with van der Waals surface area (Å²) in [7, 11) is 3.20. The molecule has 0 radical (unpaired) electrons. The zero-order valence-corrected chi connectivity index (χ0v) is 14.8. The molecule has 1 unspecified atom stereocenters. The maximum atomic E-state index is 11.6. The molecule has 0 amide bonds. The van der Waals surface area contributed by atoms with E-state index in [0.29, 0.717) is 18.2 Å². The number of aliphatic imine (C=N–C) groups is 1. The minimum atomic E-state index is -0.350. The van der Waals surface area contributed by atoms with Gasteiger partial charge in [0.2, 0.25) is 5.96 Å². The summed E-state index contributed by atoms with van der Waals surface area (Å²) in [5, 5.41) is 7.19. The highest BCUT2D eigenvalue weighted by atomic mass is 32.2. The van der Waals surface area contributed by atoms with Crippen LogP contribution in [0.2, 0.25) is 0 Å². The third-order valence-electron chi connectivity index (χ3n) is 3.62. The lowest BCUT2D eigenvalue weighted by Crippen LogP contribution is -2.34. The number of esters is 1. The highest BCUT2D eigenvalue weighted by Crippen LogP contribution is 2.19. The second-order valence-electron chi connectivity index (χ2n) is 5.12. The predicted octanol–water partition coefficient (Wildman–Crippen LogP) is 2.11. The summed E-state index contributed by atoms with van der Waals surface area (Å²) >= 11 is 1.40. The maximum Gasteiger partial charge on any atom is 0.354 e. The molecular weight excluding hydrogens is 314 g/mol. The molecule has 2 rings (SSSR count). The number of aromatic nitrogens is 1. The average Bonchev–Trinajstić information content (AvgIpc) is 3.18. The summed E-state index contributed by atoms with van der Waals surface area (Å²) in [4.78, 5) is 16.1. The van der Waals surface area contributed by atoms with Crippen LogP contribution in [0.4, 0.5) is 0 Å². The lowest BCUT2D eigenvalue weighted by Gasteiger charge is -2.18. The van der Waals surface area contributed by atoms with Gasteiger partial charge in [0.25, 0.3) is 0 Å². The zero-order valence-electron chi connectivity index (χ0n) is 13.9. The van der Waals surface area contributed by atoms with Crippen molar-refractivity contribution in [2.45, 2.75) is 25.3 Å². The summed E-state index contributed by atoms with van der Waals surface area (Å²) < 4.78 is 9.79. The van der Waals surface area contributed by atoms with E-state index in [0.717, 1.165) is 24.0 Å². The average molecular weight is 337 g/mol. The minimum Gasteiger partial charge on any atom is -0.464 e. The molecule has 126 valence electrons. The van der Waals surface area contributed by atoms with Crippen LogP contribution in [-0.2, 0) is 11.8 Å². The molecule has 0 saturated carbocycles. The SMILES string of the molecule is CCN=C(NSc1ccc(C(=O)OC)n1C)N1CC(CC)C=N1. The number of carbonyl (C=O) groups is 1. The molecule has 23 heavy (non-hydrogen) atoms. The molecule has 0 aliphatic carbocycles. The standard InChI is InChI=1S/C15H23N5O2S/c1-5-11-9-17-20(10-11)15(16-6-2)18-23-13-8-7-12(19(13)3)14(21)22-4/h7-9,11H,5-6,10H2,1-4H3,(H,16,18). The number of hydrogen-bond donors (Lipinski definition) is 1. The molecule has 0 fully saturated rings. The van der Waals surface area contributed by atoms with E-state index in [1.807, 2.05) is 31.3 Å². The smallest absolute Gasteiger partial charge is 0.354 e. The van der Waals surface area contributed by atoms with Crippen LogP contribution < -0.4 is 4.72 Å². The zero-order chi connectivity index (χ0) is 16.8. The summed E-state index contributed by atoms with van der Waals surface area (Å²) in [5.41, 5.74) is 0.510. The number of hydrazone groups is 1. The summed E-state index contributed by atoms with van der Waals surface area (Å²) in [6.45, 7) is 5.65. The lowest BCUT2D eigenvalue weighted by atomic mass is 10.1. The monoisotopic (exact) mass is 337 g/mol. The van der Waals surface area contributed by atoms with Crippen molar-refractivity contribution in [3.05, 3.63) is 17.8 Å². The van der Waals surface area contributed by atoms with Gasteiger partial charge < -0.3 is 9.30 Å². The number of guanidine groups is 1. The fourth-order valence-corrected chi connectivity index (χ4v) is 2.92. The first kappa shape index (κ1) is 17.4. The van der Waals surface area contributed by atoms with Crippen molar-refractivity contribution < 1.29 is 9.53 Å². The van der Waals surface area contributed by atoms with Crippen LogP contribution in [0, 0.1) is 5.92 Å². The van der Waals surface area contributed by atoms with Crippen molar-refractivity contribution in [1.29, 1.82) is 0 Å². The molecule has 1 aromatic rings. The van der Waals surface area contributed by atoms with Gasteiger partial charge in [-0.25, -0.2) is 9.80 Å². The van der Waals surface area contributed by atoms with Crippen molar-refractivity contribution in [2.24, 2.45) is 23.1 Å². The van der Waals surface area contributed by atoms with Gasteiger partial charge in [0.1, 0.15) is 5.69 Å². The Hall–Kier alpha value is -1.96. The van der Waals surface area contributed by atoms with Gasteiger partial charge in [-0.3, -0.25) is 9.71 Å². The molecule has 8 heteroatoms. The van der Waals surface area contributed by atoms with Crippen molar-refractivity contribution >= 4 is 30.1 Å². The number of carbonyl (C=O) groups excluding carboxylic acids is 1. The number of ether oxygens (including phenoxy) is 1. The molecule has 0 bridgehead atoms. The second kappa shape index (κ2) is 8.05. The predicted molar refractivity (Wildman–Crippen MR) is 92.7 cm³/mol. The molecule has 0 saturated heterocycles. The van der Waals surface area contributed by atoms with Crippen LogP contribution in [0.15, 0.2) is 27.3 Å². The Labute approximate surface area is 140 Å². The van der Waals surface area contributed by atoms with E-state index in [-0.39, 0.29) is 5.97 Å². The number of nitrogens with zero attached hydrogens (tertiary/aromatic N) is 4. The van der Waals surface area contributed by atoms with Crippen LogP contribution in [-0.4, -0.2) is 47.9 Å². The number of nitrogens with one attached hydrogen (secondary N) is 1. The topological polar surface area (TPSA) is 71.2 Å². The molecule has 1 aliphatic rings. The van der Waals surface area contributed by atoms with E-state index in [4.69, 9.17) is 4.74 Å². The molecule has 1 aliphatic heterocycles. The number of hydrogen-bond acceptors (Lipinski definition) is 5. The van der Waals surface area contributed by atoms with Crippen LogP contribution in [0.3, 0.4) is 0 Å². The fraction of sp³-hybridized carbons (Fsp3) is 0.533. The van der Waals surface area contributed by atoms with E-state index in [1.165, 1.54) is 19.1 Å². The van der Waals surface area contributed by atoms with Gasteiger partial charge in [0.05, 0.1) is 18.7 Å². The van der Waals surface area contributed by atoms with E-state index < -0.39 is 0 Å². The van der Waals surface area contributed by atoms with E-state index in [9.17, 15) is 4.79 Å². The second-order valence-corrected chi connectivity index (χ2v) is 5.95. The Morgan fingerprint density at radius 2 is 2.30 bits per heavy atom. The molecule has 1 aromatic heterocycles. The molecule has 0 aromatic carbocycles. The van der Waals surface area contributed by atoms with Crippen LogP contribution in [0.5, 0.6) is 0 Å². The van der Waals surface area contributed by atoms with Crippen LogP contribution >= 0.6 is 11.9 Å². The Balaban J connectivity index is 2.03. The van der Waals surface area contributed by atoms with Gasteiger partial charge in [0.15, 0.2) is 0 Å². The third kappa shape index (κ3) is 4.07. The first-order chi connectivity index (χ1) is 11.1. The van der Waals surface area contributed by atoms with Crippen molar-refractivity contribution in [2.75, 3.05) is 20.2 Å². The van der Waals surface area contributed by atoms with Crippen LogP contribution in [0.1, 0.15) is 30.8 Å².